The standard InChI is InChI=1S/C20H17NO6S/c1-21-11-12(16-9-13(25-2)5-7-17(16)21)8-19-20(22)15-6-4-14(10-18(15)26-19)27-28(3,23)24/h4-11H,1-3H3. The van der Waals surface area contributed by atoms with Crippen LogP contribution in [0.25, 0.3) is 17.0 Å². The SMILES string of the molecule is COc1ccc2c(c1)c(C=C1Oc3cc(OS(C)(=O)=O)ccc3C1=O)cn2C. The molecule has 0 aliphatic carbocycles. The highest BCUT2D eigenvalue weighted by Gasteiger charge is 2.28. The second-order valence-corrected chi connectivity index (χ2v) is 8.04. The number of nitrogens with zero attached hydrogens (tertiary/aromatic N) is 1. The predicted molar refractivity (Wildman–Crippen MR) is 104 cm³/mol. The third-order valence-electron chi connectivity index (χ3n) is 4.40. The molecule has 0 bridgehead atoms. The topological polar surface area (TPSA) is 83.8 Å². The number of allylic oxidation sites excluding steroid dienone is 1. The van der Waals surface area contributed by atoms with Gasteiger partial charge in [-0.3, -0.25) is 4.79 Å². The minimum atomic E-state index is -3.67. The van der Waals surface area contributed by atoms with Gasteiger partial charge >= 0.3 is 10.1 Å². The summed E-state index contributed by atoms with van der Waals surface area (Å²) in [6, 6.07) is 10.0. The van der Waals surface area contributed by atoms with Gasteiger partial charge in [-0.05, 0) is 36.4 Å². The first-order valence-electron chi connectivity index (χ1n) is 8.36. The van der Waals surface area contributed by atoms with Crippen LogP contribution in [0.15, 0.2) is 48.4 Å². The Morgan fingerprint density at radius 3 is 2.57 bits per heavy atom. The quantitative estimate of drug-likeness (QED) is 0.495. The van der Waals surface area contributed by atoms with Gasteiger partial charge in [0, 0.05) is 35.8 Å². The van der Waals surface area contributed by atoms with Crippen molar-refractivity contribution in [3.05, 3.63) is 59.5 Å². The molecule has 0 N–H and O–H groups in total. The van der Waals surface area contributed by atoms with Crippen molar-refractivity contribution in [1.29, 1.82) is 0 Å². The number of hydrogen-bond acceptors (Lipinski definition) is 6. The molecule has 1 aromatic heterocycles. The molecule has 1 aliphatic heterocycles. The van der Waals surface area contributed by atoms with E-state index >= 15 is 0 Å². The van der Waals surface area contributed by atoms with E-state index in [9.17, 15) is 13.2 Å². The van der Waals surface area contributed by atoms with E-state index in [1.54, 1.807) is 13.2 Å². The minimum absolute atomic E-state index is 0.0881. The molecule has 0 amide bonds. The number of rotatable bonds is 4. The summed E-state index contributed by atoms with van der Waals surface area (Å²) in [4.78, 5) is 12.7. The molecule has 0 radical (unpaired) electrons. The van der Waals surface area contributed by atoms with Gasteiger partial charge < -0.3 is 18.2 Å². The summed E-state index contributed by atoms with van der Waals surface area (Å²) in [5.74, 6) is 0.936. The Bertz CT molecular complexity index is 1250. The maximum absolute atomic E-state index is 12.7. The van der Waals surface area contributed by atoms with E-state index in [0.29, 0.717) is 11.3 Å². The van der Waals surface area contributed by atoms with Gasteiger partial charge in [0.15, 0.2) is 5.76 Å². The highest BCUT2D eigenvalue weighted by atomic mass is 32.2. The third kappa shape index (κ3) is 3.22. The molecule has 0 spiro atoms. The van der Waals surface area contributed by atoms with E-state index < -0.39 is 10.1 Å². The summed E-state index contributed by atoms with van der Waals surface area (Å²) in [6.07, 6.45) is 4.52. The fraction of sp³-hybridized carbons (Fsp3) is 0.150. The van der Waals surface area contributed by atoms with Crippen molar-refractivity contribution in [3.8, 4) is 17.2 Å². The molecule has 2 heterocycles. The number of fused-ring (bicyclic) bond motifs is 2. The predicted octanol–water partition coefficient (Wildman–Crippen LogP) is 3.14. The Labute approximate surface area is 161 Å². The van der Waals surface area contributed by atoms with Crippen molar-refractivity contribution < 1.29 is 26.9 Å². The van der Waals surface area contributed by atoms with Crippen molar-refractivity contribution in [2.45, 2.75) is 0 Å². The molecule has 8 heteroatoms. The van der Waals surface area contributed by atoms with Crippen LogP contribution in [0.1, 0.15) is 15.9 Å². The second-order valence-electron chi connectivity index (χ2n) is 6.46. The lowest BCUT2D eigenvalue weighted by Gasteiger charge is -2.04. The summed E-state index contributed by atoms with van der Waals surface area (Å²) in [5, 5.41) is 0.919. The zero-order chi connectivity index (χ0) is 20.1. The van der Waals surface area contributed by atoms with Gasteiger partial charge in [-0.25, -0.2) is 0 Å². The maximum atomic E-state index is 12.7. The van der Waals surface area contributed by atoms with Crippen molar-refractivity contribution in [1.82, 2.24) is 4.57 Å². The van der Waals surface area contributed by atoms with Gasteiger partial charge in [0.2, 0.25) is 5.78 Å². The number of methoxy groups -OCH3 is 1. The number of carbonyl (C=O) groups is 1. The monoisotopic (exact) mass is 399 g/mol. The number of Topliss-reactive ketones (excluding diaryl/α,β-unsaturated/α-hetero) is 1. The van der Waals surface area contributed by atoms with E-state index in [2.05, 4.69) is 0 Å². The van der Waals surface area contributed by atoms with Crippen LogP contribution in [0.5, 0.6) is 17.2 Å². The lowest BCUT2D eigenvalue weighted by molar-refractivity contribution is 0.101. The first kappa shape index (κ1) is 18.1. The number of aryl methyl sites for hydroxylation is 1. The smallest absolute Gasteiger partial charge is 0.306 e. The van der Waals surface area contributed by atoms with Gasteiger partial charge in [0.05, 0.1) is 18.9 Å². The number of ketones is 1. The largest absolute Gasteiger partial charge is 0.497 e. The van der Waals surface area contributed by atoms with Crippen LogP contribution < -0.4 is 13.7 Å². The van der Waals surface area contributed by atoms with E-state index in [1.165, 1.54) is 18.2 Å². The molecule has 0 saturated carbocycles. The zero-order valence-corrected chi connectivity index (χ0v) is 16.2. The third-order valence-corrected chi connectivity index (χ3v) is 4.90. The number of hydrogen-bond donors (Lipinski definition) is 0. The Morgan fingerprint density at radius 2 is 1.86 bits per heavy atom. The van der Waals surface area contributed by atoms with Crippen LogP contribution in [-0.4, -0.2) is 32.1 Å². The lowest BCUT2D eigenvalue weighted by Crippen LogP contribution is -2.05. The van der Waals surface area contributed by atoms with Crippen LogP contribution in [0.3, 0.4) is 0 Å². The molecule has 4 rings (SSSR count). The minimum Gasteiger partial charge on any atom is -0.497 e. The first-order valence-corrected chi connectivity index (χ1v) is 10.2. The summed E-state index contributed by atoms with van der Waals surface area (Å²) in [5.41, 5.74) is 2.14. The number of aromatic nitrogens is 1. The van der Waals surface area contributed by atoms with Crippen LogP contribution >= 0.6 is 0 Å². The van der Waals surface area contributed by atoms with E-state index in [1.807, 2.05) is 36.0 Å². The Kier molecular flexibility index (Phi) is 4.15. The summed E-state index contributed by atoms with van der Waals surface area (Å²) >= 11 is 0. The number of carbonyl (C=O) groups excluding carboxylic acids is 1. The summed E-state index contributed by atoms with van der Waals surface area (Å²) in [6.45, 7) is 0. The molecular formula is C20H17NO6S. The van der Waals surface area contributed by atoms with Crippen molar-refractivity contribution in [2.24, 2.45) is 7.05 Å². The Hall–Kier alpha value is -3.26. The molecule has 0 saturated heterocycles. The van der Waals surface area contributed by atoms with Crippen LogP contribution in [0.4, 0.5) is 0 Å². The Balaban J connectivity index is 1.73. The van der Waals surface area contributed by atoms with E-state index in [-0.39, 0.29) is 23.0 Å². The average Bonchev–Trinajstić information content (AvgIpc) is 3.10. The second kappa shape index (κ2) is 6.42. The Morgan fingerprint density at radius 1 is 1.11 bits per heavy atom. The van der Waals surface area contributed by atoms with E-state index in [0.717, 1.165) is 22.7 Å². The molecule has 0 atom stereocenters. The highest BCUT2D eigenvalue weighted by molar-refractivity contribution is 7.86. The summed E-state index contributed by atoms with van der Waals surface area (Å²) in [7, 11) is -0.158. The molecule has 0 unspecified atom stereocenters. The van der Waals surface area contributed by atoms with Gasteiger partial charge in [0.1, 0.15) is 17.2 Å². The average molecular weight is 399 g/mol. The zero-order valence-electron chi connectivity index (χ0n) is 15.4. The number of benzene rings is 2. The first-order chi connectivity index (χ1) is 13.2. The fourth-order valence-electron chi connectivity index (χ4n) is 3.18. The fourth-order valence-corrected chi connectivity index (χ4v) is 3.63. The molecule has 2 aromatic carbocycles. The molecule has 144 valence electrons. The molecule has 1 aliphatic rings. The maximum Gasteiger partial charge on any atom is 0.306 e. The van der Waals surface area contributed by atoms with Gasteiger partial charge in [-0.15, -0.1) is 0 Å². The molecule has 7 nitrogen and oxygen atoms in total. The number of ether oxygens (including phenoxy) is 2. The van der Waals surface area contributed by atoms with Gasteiger partial charge in [-0.1, -0.05) is 0 Å². The van der Waals surface area contributed by atoms with Crippen molar-refractivity contribution >= 4 is 32.9 Å². The molecule has 0 fully saturated rings. The van der Waals surface area contributed by atoms with Crippen molar-refractivity contribution in [3.63, 3.8) is 0 Å². The molecule has 3 aromatic rings. The normalized spacial score (nSPS) is 15.0. The molecule has 28 heavy (non-hydrogen) atoms. The van der Waals surface area contributed by atoms with Crippen LogP contribution in [0.2, 0.25) is 0 Å². The van der Waals surface area contributed by atoms with Crippen LogP contribution in [-0.2, 0) is 17.2 Å². The van der Waals surface area contributed by atoms with Crippen molar-refractivity contribution in [2.75, 3.05) is 13.4 Å². The highest BCUT2D eigenvalue weighted by Crippen LogP contribution is 2.36. The molecular weight excluding hydrogens is 382 g/mol. The van der Waals surface area contributed by atoms with Crippen LogP contribution in [0, 0.1) is 0 Å². The summed E-state index contributed by atoms with van der Waals surface area (Å²) < 4.78 is 40.4. The van der Waals surface area contributed by atoms with Gasteiger partial charge in [0.25, 0.3) is 0 Å². The van der Waals surface area contributed by atoms with E-state index in [4.69, 9.17) is 13.7 Å². The van der Waals surface area contributed by atoms with Gasteiger partial charge in [-0.2, -0.15) is 8.42 Å². The lowest BCUT2D eigenvalue weighted by atomic mass is 10.1.